The zero-order chi connectivity index (χ0) is 18.6. The number of sulfonamides is 1. The van der Waals surface area contributed by atoms with Crippen LogP contribution < -0.4 is 0 Å². The van der Waals surface area contributed by atoms with Gasteiger partial charge in [0.1, 0.15) is 0 Å². The van der Waals surface area contributed by atoms with E-state index in [1.165, 1.54) is 6.07 Å². The Morgan fingerprint density at radius 1 is 1.20 bits per heavy atom. The summed E-state index contributed by atoms with van der Waals surface area (Å²) in [6, 6.07) is 1.27. The molecule has 3 heterocycles. The minimum absolute atomic E-state index is 0.000705. The molecule has 14 heteroatoms. The van der Waals surface area contributed by atoms with Crippen LogP contribution >= 0.6 is 11.3 Å². The SMILES string of the molecule is O=S(=O)(N1CCc2sc(-c3noc(C(F)(F)F)n3)cc2C1)C(F)(F)F. The second-order valence-electron chi connectivity index (χ2n) is 5.01. The van der Waals surface area contributed by atoms with Crippen LogP contribution in [0.5, 0.6) is 0 Å². The Balaban J connectivity index is 1.88. The molecule has 1 aliphatic heterocycles. The number of hydrogen-bond donors (Lipinski definition) is 0. The molecule has 1 aliphatic rings. The number of hydrogen-bond acceptors (Lipinski definition) is 6. The van der Waals surface area contributed by atoms with Gasteiger partial charge < -0.3 is 4.52 Å². The summed E-state index contributed by atoms with van der Waals surface area (Å²) < 4.78 is 103. The van der Waals surface area contributed by atoms with Crippen LogP contribution in [0.3, 0.4) is 0 Å². The lowest BCUT2D eigenvalue weighted by atomic mass is 10.1. The molecule has 0 bridgehead atoms. The van der Waals surface area contributed by atoms with Gasteiger partial charge in [0.15, 0.2) is 0 Å². The molecule has 0 aromatic carbocycles. The van der Waals surface area contributed by atoms with Gasteiger partial charge in [-0.1, -0.05) is 5.16 Å². The molecule has 0 radical (unpaired) electrons. The van der Waals surface area contributed by atoms with Crippen LogP contribution in [0.15, 0.2) is 10.6 Å². The average molecular weight is 407 g/mol. The average Bonchev–Trinajstić information content (AvgIpc) is 3.11. The van der Waals surface area contributed by atoms with Crippen molar-refractivity contribution < 1.29 is 39.3 Å². The third-order valence-corrected chi connectivity index (χ3v) is 6.16. The van der Waals surface area contributed by atoms with E-state index < -0.39 is 34.1 Å². The number of aromatic nitrogens is 2. The highest BCUT2D eigenvalue weighted by Gasteiger charge is 2.50. The largest absolute Gasteiger partial charge is 0.511 e. The molecule has 0 saturated carbocycles. The van der Waals surface area contributed by atoms with Gasteiger partial charge in [-0.2, -0.15) is 35.6 Å². The highest BCUT2D eigenvalue weighted by Crippen LogP contribution is 2.37. The van der Waals surface area contributed by atoms with E-state index in [1.54, 1.807) is 0 Å². The third-order valence-electron chi connectivity index (χ3n) is 3.35. The number of nitrogens with zero attached hydrogens (tertiary/aromatic N) is 3. The Labute approximate surface area is 140 Å². The van der Waals surface area contributed by atoms with Crippen molar-refractivity contribution in [3.05, 3.63) is 22.4 Å². The van der Waals surface area contributed by atoms with Gasteiger partial charge in [-0.3, -0.25) is 0 Å². The summed E-state index contributed by atoms with van der Waals surface area (Å²) >= 11 is 0.977. The highest BCUT2D eigenvalue weighted by atomic mass is 32.2. The standard InChI is InChI=1S/C11H7F6N3O3S2/c12-10(13,14)9-18-8(19-23-9)7-3-5-4-20(2-1-6(5)24-7)25(21,22)11(15,16)17/h3H,1-2,4H2. The van der Waals surface area contributed by atoms with Gasteiger partial charge in [-0.15, -0.1) is 11.3 Å². The van der Waals surface area contributed by atoms with Crippen molar-refractivity contribution in [2.45, 2.75) is 24.7 Å². The fraction of sp³-hybridized carbons (Fsp3) is 0.455. The molecule has 2 aromatic rings. The fourth-order valence-corrected chi connectivity index (χ4v) is 4.23. The van der Waals surface area contributed by atoms with Gasteiger partial charge in [0, 0.05) is 18.0 Å². The van der Waals surface area contributed by atoms with Gasteiger partial charge in [0.2, 0.25) is 5.82 Å². The van der Waals surface area contributed by atoms with Crippen molar-refractivity contribution in [2.75, 3.05) is 6.54 Å². The Hall–Kier alpha value is -1.67. The molecule has 0 amide bonds. The van der Waals surface area contributed by atoms with E-state index in [0.717, 1.165) is 11.3 Å². The van der Waals surface area contributed by atoms with Crippen molar-refractivity contribution >= 4 is 21.4 Å². The zero-order valence-corrected chi connectivity index (χ0v) is 13.5. The predicted octanol–water partition coefficient (Wildman–Crippen LogP) is 3.02. The minimum atomic E-state index is -5.47. The van der Waals surface area contributed by atoms with Crippen LogP contribution in [-0.4, -0.2) is 34.9 Å². The van der Waals surface area contributed by atoms with Gasteiger partial charge in [-0.25, -0.2) is 8.42 Å². The van der Waals surface area contributed by atoms with E-state index >= 15 is 0 Å². The number of halogens is 6. The second-order valence-corrected chi connectivity index (χ2v) is 8.08. The van der Waals surface area contributed by atoms with Crippen molar-refractivity contribution in [3.8, 4) is 10.7 Å². The summed E-state index contributed by atoms with van der Waals surface area (Å²) in [7, 11) is -5.47. The molecule has 6 nitrogen and oxygen atoms in total. The first-order chi connectivity index (χ1) is 11.4. The highest BCUT2D eigenvalue weighted by molar-refractivity contribution is 7.89. The van der Waals surface area contributed by atoms with E-state index in [-0.39, 0.29) is 33.5 Å². The van der Waals surface area contributed by atoms with Crippen LogP contribution in [0.2, 0.25) is 0 Å². The van der Waals surface area contributed by atoms with Crippen molar-refractivity contribution in [1.29, 1.82) is 0 Å². The van der Waals surface area contributed by atoms with Crippen molar-refractivity contribution in [3.63, 3.8) is 0 Å². The first-order valence-corrected chi connectivity index (χ1v) is 8.74. The van der Waals surface area contributed by atoms with Gasteiger partial charge in [-0.05, 0) is 18.1 Å². The smallest absolute Gasteiger partial charge is 0.329 e. The van der Waals surface area contributed by atoms with Crippen LogP contribution in [0.4, 0.5) is 26.3 Å². The Kier molecular flexibility index (Phi) is 4.11. The van der Waals surface area contributed by atoms with E-state index in [2.05, 4.69) is 14.7 Å². The summed E-state index contributed by atoms with van der Waals surface area (Å²) in [5.74, 6) is -1.91. The molecule has 0 unspecified atom stereocenters. The molecule has 0 fully saturated rings. The van der Waals surface area contributed by atoms with Gasteiger partial charge in [0.05, 0.1) is 4.88 Å². The first-order valence-electron chi connectivity index (χ1n) is 6.49. The topological polar surface area (TPSA) is 76.3 Å². The van der Waals surface area contributed by atoms with E-state index in [4.69, 9.17) is 0 Å². The minimum Gasteiger partial charge on any atom is -0.329 e. The van der Waals surface area contributed by atoms with Crippen LogP contribution in [0, 0.1) is 0 Å². The van der Waals surface area contributed by atoms with Crippen molar-refractivity contribution in [1.82, 2.24) is 14.4 Å². The molecular weight excluding hydrogens is 400 g/mol. The number of alkyl halides is 6. The molecule has 2 aromatic heterocycles. The lowest BCUT2D eigenvalue weighted by Crippen LogP contribution is -2.42. The van der Waals surface area contributed by atoms with Gasteiger partial charge in [0.25, 0.3) is 0 Å². The molecule has 138 valence electrons. The maximum Gasteiger partial charge on any atom is 0.511 e. The molecule has 0 saturated heterocycles. The van der Waals surface area contributed by atoms with E-state index in [0.29, 0.717) is 4.88 Å². The molecule has 3 rings (SSSR count). The van der Waals surface area contributed by atoms with E-state index in [1.807, 2.05) is 0 Å². The summed E-state index contributed by atoms with van der Waals surface area (Å²) in [4.78, 5) is 3.90. The fourth-order valence-electron chi connectivity index (χ4n) is 2.21. The molecule has 25 heavy (non-hydrogen) atoms. The number of thiophene rings is 1. The summed E-state index contributed by atoms with van der Waals surface area (Å²) in [5.41, 5.74) is -5.16. The molecular formula is C11H7F6N3O3S2. The summed E-state index contributed by atoms with van der Waals surface area (Å²) in [6.45, 7) is -0.910. The molecule has 0 spiro atoms. The maximum absolute atomic E-state index is 12.6. The number of rotatable bonds is 2. The predicted molar refractivity (Wildman–Crippen MR) is 71.7 cm³/mol. The quantitative estimate of drug-likeness (QED) is 0.716. The first kappa shape index (κ1) is 18.1. The molecule has 0 aliphatic carbocycles. The maximum atomic E-state index is 12.6. The monoisotopic (exact) mass is 407 g/mol. The third kappa shape index (κ3) is 3.25. The number of fused-ring (bicyclic) bond motifs is 1. The van der Waals surface area contributed by atoms with Crippen LogP contribution in [-0.2, 0) is 29.2 Å². The Morgan fingerprint density at radius 3 is 2.44 bits per heavy atom. The van der Waals surface area contributed by atoms with Crippen molar-refractivity contribution in [2.24, 2.45) is 0 Å². The molecule has 0 atom stereocenters. The summed E-state index contributed by atoms with van der Waals surface area (Å²) in [5, 5.41) is 3.20. The van der Waals surface area contributed by atoms with Crippen LogP contribution in [0.25, 0.3) is 10.7 Å². The summed E-state index contributed by atoms with van der Waals surface area (Å²) in [6.07, 6.45) is -4.82. The lowest BCUT2D eigenvalue weighted by molar-refractivity contribution is -0.159. The normalized spacial score (nSPS) is 16.9. The van der Waals surface area contributed by atoms with Gasteiger partial charge >= 0.3 is 27.6 Å². The zero-order valence-electron chi connectivity index (χ0n) is 11.8. The Bertz CT molecular complexity index is 899. The lowest BCUT2D eigenvalue weighted by Gasteiger charge is -2.26. The van der Waals surface area contributed by atoms with Crippen LogP contribution in [0.1, 0.15) is 16.3 Å². The second kappa shape index (κ2) is 5.67. The van der Waals surface area contributed by atoms with E-state index in [9.17, 15) is 34.8 Å². The Morgan fingerprint density at radius 2 is 1.88 bits per heavy atom. The molecule has 0 N–H and O–H groups in total.